The Morgan fingerprint density at radius 3 is 2.59 bits per heavy atom. The van der Waals surface area contributed by atoms with Gasteiger partial charge in [0.2, 0.25) is 15.9 Å². The predicted molar refractivity (Wildman–Crippen MR) is 97.8 cm³/mol. The van der Waals surface area contributed by atoms with Gasteiger partial charge in [-0.15, -0.1) is 0 Å². The second-order valence-electron chi connectivity index (χ2n) is 7.24. The van der Waals surface area contributed by atoms with Gasteiger partial charge in [-0.1, -0.05) is 0 Å². The molecule has 0 aliphatic carbocycles. The summed E-state index contributed by atoms with van der Waals surface area (Å²) in [5, 5.41) is 0.130. The van der Waals surface area contributed by atoms with Gasteiger partial charge in [0.05, 0.1) is 21.7 Å². The minimum Gasteiger partial charge on any atom is -0.345 e. The highest BCUT2D eigenvalue weighted by Crippen LogP contribution is 2.34. The van der Waals surface area contributed by atoms with Gasteiger partial charge in [-0.2, -0.15) is 4.31 Å². The van der Waals surface area contributed by atoms with Gasteiger partial charge in [0, 0.05) is 33.7 Å². The number of hydrogen-bond donors (Lipinski definition) is 1. The number of benzene rings is 1. The molecule has 2 aliphatic rings. The van der Waals surface area contributed by atoms with Gasteiger partial charge in [-0.05, 0) is 30.5 Å². The fourth-order valence-corrected chi connectivity index (χ4v) is 5.49. The molecular weight excluding hydrogens is 372 g/mol. The van der Waals surface area contributed by atoms with Crippen LogP contribution < -0.4 is 11.2 Å². The minimum absolute atomic E-state index is 0.0152. The number of aromatic amines is 1. The highest BCUT2D eigenvalue weighted by atomic mass is 32.2. The lowest BCUT2D eigenvalue weighted by Gasteiger charge is -2.30. The van der Waals surface area contributed by atoms with Crippen LogP contribution in [0.25, 0.3) is 10.9 Å². The number of carbonyl (C=O) groups is 1. The molecule has 1 aromatic carbocycles. The van der Waals surface area contributed by atoms with Gasteiger partial charge in [0.1, 0.15) is 0 Å². The van der Waals surface area contributed by atoms with Gasteiger partial charge in [-0.25, -0.2) is 13.2 Å². The zero-order chi connectivity index (χ0) is 19.5. The number of amides is 1. The first-order valence-electron chi connectivity index (χ1n) is 8.68. The van der Waals surface area contributed by atoms with Crippen molar-refractivity contribution in [1.82, 2.24) is 18.8 Å². The van der Waals surface area contributed by atoms with Crippen LogP contribution in [0.4, 0.5) is 0 Å². The van der Waals surface area contributed by atoms with E-state index in [-0.39, 0.29) is 40.1 Å². The first-order chi connectivity index (χ1) is 12.7. The summed E-state index contributed by atoms with van der Waals surface area (Å²) in [5.74, 6) is -0.315. The molecule has 144 valence electrons. The Morgan fingerprint density at radius 2 is 1.85 bits per heavy atom. The quantitative estimate of drug-likeness (QED) is 0.728. The van der Waals surface area contributed by atoms with Crippen LogP contribution in [0.5, 0.6) is 0 Å². The molecule has 0 radical (unpaired) electrons. The van der Waals surface area contributed by atoms with Gasteiger partial charge in [0.25, 0.3) is 5.56 Å². The van der Waals surface area contributed by atoms with Crippen molar-refractivity contribution in [1.29, 1.82) is 0 Å². The van der Waals surface area contributed by atoms with Crippen LogP contribution >= 0.6 is 0 Å². The van der Waals surface area contributed by atoms with E-state index in [9.17, 15) is 22.8 Å². The summed E-state index contributed by atoms with van der Waals surface area (Å²) < 4.78 is 28.4. The average Bonchev–Trinajstić information content (AvgIpc) is 3.08. The molecule has 4 rings (SSSR count). The second kappa shape index (κ2) is 6.03. The molecule has 0 unspecified atom stereocenters. The Balaban J connectivity index is 1.74. The van der Waals surface area contributed by atoms with Crippen molar-refractivity contribution in [2.45, 2.75) is 11.3 Å². The zero-order valence-electron chi connectivity index (χ0n) is 15.0. The third kappa shape index (κ3) is 2.71. The largest absolute Gasteiger partial charge is 0.345 e. The molecule has 2 fully saturated rings. The number of rotatable bonds is 2. The minimum atomic E-state index is -3.85. The molecule has 3 heterocycles. The number of likely N-dealkylation sites (tertiary alicyclic amines) is 1. The monoisotopic (exact) mass is 392 g/mol. The number of H-pyrrole nitrogens is 1. The van der Waals surface area contributed by atoms with E-state index in [2.05, 4.69) is 4.98 Å². The van der Waals surface area contributed by atoms with Crippen LogP contribution in [0, 0.1) is 11.8 Å². The summed E-state index contributed by atoms with van der Waals surface area (Å²) in [6, 6.07) is 4.09. The molecular formula is C17H20N4O5S. The smallest absolute Gasteiger partial charge is 0.328 e. The molecule has 2 saturated heterocycles. The van der Waals surface area contributed by atoms with Crippen LogP contribution in [0.3, 0.4) is 0 Å². The number of nitrogens with zero attached hydrogens (tertiary/aromatic N) is 3. The molecule has 1 aromatic heterocycles. The van der Waals surface area contributed by atoms with E-state index in [0.29, 0.717) is 13.1 Å². The summed E-state index contributed by atoms with van der Waals surface area (Å²) in [5.41, 5.74) is -0.832. The zero-order valence-corrected chi connectivity index (χ0v) is 15.8. The lowest BCUT2D eigenvalue weighted by Crippen LogP contribution is -2.42. The van der Waals surface area contributed by atoms with E-state index < -0.39 is 21.3 Å². The molecule has 0 bridgehead atoms. The number of carbonyl (C=O) groups excluding carboxylic acids is 1. The molecule has 27 heavy (non-hydrogen) atoms. The first-order valence-corrected chi connectivity index (χ1v) is 10.1. The Hall–Kier alpha value is -2.46. The number of nitrogens with one attached hydrogen (secondary N) is 1. The number of sulfonamides is 1. The number of aromatic nitrogens is 2. The van der Waals surface area contributed by atoms with Crippen LogP contribution in [-0.2, 0) is 21.9 Å². The number of hydrogen-bond acceptors (Lipinski definition) is 5. The molecule has 0 spiro atoms. The summed E-state index contributed by atoms with van der Waals surface area (Å²) >= 11 is 0. The maximum Gasteiger partial charge on any atom is 0.328 e. The fraction of sp³-hybridized carbons (Fsp3) is 0.471. The van der Waals surface area contributed by atoms with E-state index in [1.807, 2.05) is 0 Å². The van der Waals surface area contributed by atoms with E-state index in [1.54, 1.807) is 11.9 Å². The average molecular weight is 392 g/mol. The molecule has 9 nitrogen and oxygen atoms in total. The molecule has 1 amide bonds. The van der Waals surface area contributed by atoms with Crippen molar-refractivity contribution >= 4 is 26.8 Å². The SMILES string of the molecule is CN1CC[C@@H]2CN(S(=O)(=O)c3ccc4[nH]c(=O)n(C)c(=O)c4c3)C[C@@H]2C1=O. The van der Waals surface area contributed by atoms with E-state index in [0.717, 1.165) is 11.0 Å². The molecule has 2 aliphatic heterocycles. The van der Waals surface area contributed by atoms with Crippen molar-refractivity contribution in [3.63, 3.8) is 0 Å². The van der Waals surface area contributed by atoms with Crippen LogP contribution in [0.15, 0.2) is 32.7 Å². The Labute approximate surface area is 155 Å². The van der Waals surface area contributed by atoms with Crippen molar-refractivity contribution in [3.05, 3.63) is 39.0 Å². The Bertz CT molecular complexity index is 1170. The Kier molecular flexibility index (Phi) is 4.00. The van der Waals surface area contributed by atoms with Gasteiger partial charge in [-0.3, -0.25) is 14.2 Å². The Morgan fingerprint density at radius 1 is 1.11 bits per heavy atom. The van der Waals surface area contributed by atoms with Crippen LogP contribution in [-0.4, -0.2) is 59.8 Å². The first kappa shape index (κ1) is 17.9. The standard InChI is InChI=1S/C17H20N4O5S/c1-19-6-5-10-8-21(9-13(10)15(19)22)27(25,26)11-3-4-14-12(7-11)16(23)20(2)17(24)18-14/h3-4,7,10,13H,5-6,8-9H2,1-2H3,(H,18,24)/t10-,13+/m1/s1. The summed E-state index contributed by atoms with van der Waals surface area (Å²) in [6.45, 7) is 1.08. The third-order valence-corrected chi connectivity index (χ3v) is 7.47. The lowest BCUT2D eigenvalue weighted by atomic mass is 9.88. The van der Waals surface area contributed by atoms with E-state index >= 15 is 0 Å². The van der Waals surface area contributed by atoms with E-state index in [1.165, 1.54) is 29.6 Å². The lowest BCUT2D eigenvalue weighted by molar-refractivity contribution is -0.137. The number of piperidine rings is 1. The van der Waals surface area contributed by atoms with Crippen molar-refractivity contribution in [2.75, 3.05) is 26.7 Å². The summed E-state index contributed by atoms with van der Waals surface area (Å²) in [6.07, 6.45) is 0.776. The molecule has 1 N–H and O–H groups in total. The summed E-state index contributed by atoms with van der Waals surface area (Å²) in [7, 11) is -0.786. The molecule has 2 atom stereocenters. The van der Waals surface area contributed by atoms with Crippen LogP contribution in [0.2, 0.25) is 0 Å². The highest BCUT2D eigenvalue weighted by molar-refractivity contribution is 7.89. The fourth-order valence-electron chi connectivity index (χ4n) is 3.94. The van der Waals surface area contributed by atoms with Crippen LogP contribution in [0.1, 0.15) is 6.42 Å². The van der Waals surface area contributed by atoms with Gasteiger partial charge in [0.15, 0.2) is 0 Å². The predicted octanol–water partition coefficient (Wildman–Crippen LogP) is -0.674. The van der Waals surface area contributed by atoms with Crippen molar-refractivity contribution in [2.24, 2.45) is 18.9 Å². The summed E-state index contributed by atoms with van der Waals surface area (Å²) in [4.78, 5) is 40.5. The van der Waals surface area contributed by atoms with E-state index in [4.69, 9.17) is 0 Å². The molecule has 2 aromatic rings. The van der Waals surface area contributed by atoms with Crippen molar-refractivity contribution < 1.29 is 13.2 Å². The van der Waals surface area contributed by atoms with Crippen molar-refractivity contribution in [3.8, 4) is 0 Å². The molecule has 0 saturated carbocycles. The highest BCUT2D eigenvalue weighted by Gasteiger charge is 2.45. The van der Waals surface area contributed by atoms with Gasteiger partial charge < -0.3 is 9.88 Å². The van der Waals surface area contributed by atoms with Gasteiger partial charge >= 0.3 is 5.69 Å². The maximum absolute atomic E-state index is 13.1. The number of fused-ring (bicyclic) bond motifs is 2. The topological polar surface area (TPSA) is 113 Å². The third-order valence-electron chi connectivity index (χ3n) is 5.65. The maximum atomic E-state index is 13.1. The molecule has 10 heteroatoms. The normalized spacial score (nSPS) is 23.8. The second-order valence-corrected chi connectivity index (χ2v) is 9.18.